The Balaban J connectivity index is 1.50. The van der Waals surface area contributed by atoms with E-state index in [2.05, 4.69) is 32.0 Å². The minimum absolute atomic E-state index is 0.171. The lowest BCUT2D eigenvalue weighted by Gasteiger charge is -2.10. The first kappa shape index (κ1) is 20.6. The minimum Gasteiger partial charge on any atom is -0.454 e. The van der Waals surface area contributed by atoms with Gasteiger partial charge in [-0.1, -0.05) is 24.3 Å². The fraction of sp³-hybridized carbons (Fsp3) is 0.143. The molecule has 0 N–H and O–H groups in total. The van der Waals surface area contributed by atoms with Gasteiger partial charge in [-0.3, -0.25) is 13.9 Å². The molecule has 0 saturated carbocycles. The second-order valence-corrected chi connectivity index (χ2v) is 9.13. The van der Waals surface area contributed by atoms with Crippen LogP contribution < -0.4 is 15.0 Å². The highest BCUT2D eigenvalue weighted by Crippen LogP contribution is 2.33. The molecule has 0 bridgehead atoms. The van der Waals surface area contributed by atoms with Crippen LogP contribution in [0.15, 0.2) is 71.8 Å². The van der Waals surface area contributed by atoms with Crippen molar-refractivity contribution in [3.05, 3.63) is 94.0 Å². The van der Waals surface area contributed by atoms with Gasteiger partial charge in [-0.15, -0.1) is 0 Å². The molecule has 6 aromatic rings. The van der Waals surface area contributed by atoms with Crippen LogP contribution in [0, 0.1) is 13.8 Å². The average Bonchev–Trinajstić information content (AvgIpc) is 3.45. The summed E-state index contributed by atoms with van der Waals surface area (Å²) in [6.07, 6.45) is 1.59. The standard InChI is InChI=1S/C28H21N5O3/c1-16-9-17(2)11-19(10-16)33-26-24(25-27(33)31-21-6-4-3-5-20(21)30-25)28(34)32(14-29-26)13-18-7-8-22-23(12-18)36-15-35-22/h3-12,14H,13,15H2,1-2H3. The summed E-state index contributed by atoms with van der Waals surface area (Å²) >= 11 is 0. The number of aromatic nitrogens is 5. The molecule has 0 aliphatic carbocycles. The second kappa shape index (κ2) is 7.64. The molecule has 4 heterocycles. The van der Waals surface area contributed by atoms with E-state index in [1.54, 1.807) is 10.9 Å². The Morgan fingerprint density at radius 3 is 2.42 bits per heavy atom. The van der Waals surface area contributed by atoms with Crippen LogP contribution in [0.25, 0.3) is 38.9 Å². The van der Waals surface area contributed by atoms with Crippen LogP contribution >= 0.6 is 0 Å². The molecule has 0 saturated heterocycles. The number of ether oxygens (including phenoxy) is 2. The summed E-state index contributed by atoms with van der Waals surface area (Å²) in [7, 11) is 0. The number of fused-ring (bicyclic) bond motifs is 5. The van der Waals surface area contributed by atoms with Crippen LogP contribution in [-0.2, 0) is 6.54 Å². The highest BCUT2D eigenvalue weighted by atomic mass is 16.7. The Bertz CT molecular complexity index is 1880. The lowest BCUT2D eigenvalue weighted by Crippen LogP contribution is -2.21. The third-order valence-electron chi connectivity index (χ3n) is 6.48. The van der Waals surface area contributed by atoms with Gasteiger partial charge in [0, 0.05) is 5.69 Å². The number of benzene rings is 3. The van der Waals surface area contributed by atoms with Gasteiger partial charge in [0.2, 0.25) is 6.79 Å². The molecule has 1 aliphatic rings. The molecule has 0 fully saturated rings. The van der Waals surface area contributed by atoms with E-state index in [1.165, 1.54) is 0 Å². The number of hydrogen-bond acceptors (Lipinski definition) is 6. The topological polar surface area (TPSA) is 84.1 Å². The SMILES string of the molecule is Cc1cc(C)cc(-n2c3nc4ccccc4nc3c3c(=O)n(Cc4ccc5c(c4)OCO5)cnc32)c1. The number of nitrogens with zero attached hydrogens (tertiary/aromatic N) is 5. The zero-order valence-corrected chi connectivity index (χ0v) is 19.7. The van der Waals surface area contributed by atoms with Gasteiger partial charge in [0.1, 0.15) is 17.2 Å². The van der Waals surface area contributed by atoms with Crippen molar-refractivity contribution in [3.8, 4) is 17.2 Å². The van der Waals surface area contributed by atoms with Crippen molar-refractivity contribution in [2.45, 2.75) is 20.4 Å². The van der Waals surface area contributed by atoms with Crippen molar-refractivity contribution in [1.82, 2.24) is 24.1 Å². The molecule has 1 aliphatic heterocycles. The van der Waals surface area contributed by atoms with E-state index >= 15 is 0 Å². The predicted octanol–water partition coefficient (Wildman–Crippen LogP) is 4.68. The Morgan fingerprint density at radius 1 is 0.861 bits per heavy atom. The van der Waals surface area contributed by atoms with E-state index in [-0.39, 0.29) is 12.4 Å². The molecule has 3 aromatic heterocycles. The first-order valence-corrected chi connectivity index (χ1v) is 11.7. The monoisotopic (exact) mass is 475 g/mol. The molecule has 8 nitrogen and oxygen atoms in total. The number of para-hydroxylation sites is 2. The maximum atomic E-state index is 13.9. The Morgan fingerprint density at radius 2 is 1.61 bits per heavy atom. The van der Waals surface area contributed by atoms with Crippen LogP contribution in [0.3, 0.4) is 0 Å². The zero-order valence-electron chi connectivity index (χ0n) is 19.7. The quantitative estimate of drug-likeness (QED) is 0.370. The zero-order chi connectivity index (χ0) is 24.4. The third-order valence-corrected chi connectivity index (χ3v) is 6.48. The molecule has 0 amide bonds. The van der Waals surface area contributed by atoms with Gasteiger partial charge in [-0.25, -0.2) is 15.0 Å². The van der Waals surface area contributed by atoms with Gasteiger partial charge in [0.05, 0.1) is 17.6 Å². The van der Waals surface area contributed by atoms with E-state index in [0.29, 0.717) is 40.2 Å². The van der Waals surface area contributed by atoms with Crippen LogP contribution in [-0.4, -0.2) is 30.9 Å². The maximum Gasteiger partial charge on any atom is 0.265 e. The summed E-state index contributed by atoms with van der Waals surface area (Å²) < 4.78 is 14.4. The van der Waals surface area contributed by atoms with Crippen molar-refractivity contribution >= 4 is 33.2 Å². The molecule has 0 radical (unpaired) electrons. The molecule has 0 atom stereocenters. The molecular weight excluding hydrogens is 454 g/mol. The minimum atomic E-state index is -0.171. The summed E-state index contributed by atoms with van der Waals surface area (Å²) in [5.41, 5.74) is 7.06. The first-order chi connectivity index (χ1) is 17.5. The van der Waals surface area contributed by atoms with E-state index in [4.69, 9.17) is 24.4 Å². The fourth-order valence-corrected chi connectivity index (χ4v) is 4.94. The predicted molar refractivity (Wildman–Crippen MR) is 137 cm³/mol. The van der Waals surface area contributed by atoms with Crippen LogP contribution in [0.5, 0.6) is 11.5 Å². The van der Waals surface area contributed by atoms with Crippen LogP contribution in [0.1, 0.15) is 16.7 Å². The molecule has 176 valence electrons. The third kappa shape index (κ3) is 3.15. The average molecular weight is 476 g/mol. The Kier molecular flexibility index (Phi) is 4.38. The lowest BCUT2D eigenvalue weighted by atomic mass is 10.1. The van der Waals surface area contributed by atoms with Gasteiger partial charge in [-0.05, 0) is 66.9 Å². The normalized spacial score (nSPS) is 12.7. The van der Waals surface area contributed by atoms with Gasteiger partial charge in [0.25, 0.3) is 5.56 Å². The molecule has 0 unspecified atom stereocenters. The van der Waals surface area contributed by atoms with E-state index in [1.807, 2.05) is 47.0 Å². The summed E-state index contributed by atoms with van der Waals surface area (Å²) in [6, 6.07) is 19.6. The van der Waals surface area contributed by atoms with Crippen molar-refractivity contribution < 1.29 is 9.47 Å². The van der Waals surface area contributed by atoms with Crippen molar-refractivity contribution in [3.63, 3.8) is 0 Å². The van der Waals surface area contributed by atoms with E-state index in [0.717, 1.165) is 33.4 Å². The largest absolute Gasteiger partial charge is 0.454 e. The maximum absolute atomic E-state index is 13.9. The number of hydrogen-bond donors (Lipinski definition) is 0. The fourth-order valence-electron chi connectivity index (χ4n) is 4.94. The van der Waals surface area contributed by atoms with Crippen molar-refractivity contribution in [2.75, 3.05) is 6.79 Å². The summed E-state index contributed by atoms with van der Waals surface area (Å²) in [5.74, 6) is 1.39. The van der Waals surface area contributed by atoms with Crippen molar-refractivity contribution in [1.29, 1.82) is 0 Å². The van der Waals surface area contributed by atoms with Crippen LogP contribution in [0.4, 0.5) is 0 Å². The highest BCUT2D eigenvalue weighted by molar-refractivity contribution is 6.05. The Labute approximate surface area is 205 Å². The summed E-state index contributed by atoms with van der Waals surface area (Å²) in [4.78, 5) is 28.5. The molecular formula is C28H21N5O3. The Hall–Kier alpha value is -4.72. The molecule has 7 rings (SSSR count). The van der Waals surface area contributed by atoms with Crippen LogP contribution in [0.2, 0.25) is 0 Å². The molecule has 3 aromatic carbocycles. The van der Waals surface area contributed by atoms with Gasteiger partial charge >= 0.3 is 0 Å². The molecule has 0 spiro atoms. The second-order valence-electron chi connectivity index (χ2n) is 9.13. The molecule has 8 heteroatoms. The number of rotatable bonds is 3. The number of aryl methyl sites for hydroxylation is 2. The van der Waals surface area contributed by atoms with Gasteiger partial charge < -0.3 is 9.47 Å². The van der Waals surface area contributed by atoms with Gasteiger partial charge in [0.15, 0.2) is 22.8 Å². The highest BCUT2D eigenvalue weighted by Gasteiger charge is 2.21. The summed E-state index contributed by atoms with van der Waals surface area (Å²) in [6.45, 7) is 4.65. The van der Waals surface area contributed by atoms with Crippen molar-refractivity contribution in [2.24, 2.45) is 0 Å². The van der Waals surface area contributed by atoms with E-state index in [9.17, 15) is 4.79 Å². The first-order valence-electron chi connectivity index (χ1n) is 11.7. The summed E-state index contributed by atoms with van der Waals surface area (Å²) in [5, 5.41) is 0.450. The van der Waals surface area contributed by atoms with Gasteiger partial charge in [-0.2, -0.15) is 0 Å². The molecule has 36 heavy (non-hydrogen) atoms. The van der Waals surface area contributed by atoms with E-state index < -0.39 is 0 Å². The lowest BCUT2D eigenvalue weighted by molar-refractivity contribution is 0.174. The smallest absolute Gasteiger partial charge is 0.265 e.